The van der Waals surface area contributed by atoms with Gasteiger partial charge in [0, 0.05) is 13.7 Å². The molecule has 0 aromatic heterocycles. The number of hydrogen-bond acceptors (Lipinski definition) is 5. The number of carbonyl (C=O) groups is 1. The molecule has 1 rings (SSSR count). The zero-order chi connectivity index (χ0) is 9.84. The second kappa shape index (κ2) is 4.66. The minimum Gasteiger partial charge on any atom is -0.362 e. The van der Waals surface area contributed by atoms with Crippen molar-refractivity contribution in [2.75, 3.05) is 26.8 Å². The van der Waals surface area contributed by atoms with E-state index in [0.717, 1.165) is 0 Å². The Morgan fingerprint density at radius 1 is 1.77 bits per heavy atom. The number of ether oxygens (including phenoxy) is 2. The molecule has 0 radical (unpaired) electrons. The van der Waals surface area contributed by atoms with Gasteiger partial charge in [-0.1, -0.05) is 0 Å². The average molecular weight is 188 g/mol. The molecule has 2 N–H and O–H groups in total. The van der Waals surface area contributed by atoms with Crippen LogP contribution in [0.4, 0.5) is 0 Å². The smallest absolute Gasteiger partial charge is 0.150 e. The molecule has 1 aliphatic heterocycles. The molecule has 2 atom stereocenters. The molecule has 13 heavy (non-hydrogen) atoms. The average Bonchev–Trinajstić information content (AvgIpc) is 2.03. The van der Waals surface area contributed by atoms with E-state index in [4.69, 9.17) is 15.2 Å². The normalized spacial score (nSPS) is 30.4. The van der Waals surface area contributed by atoms with E-state index in [1.54, 1.807) is 14.0 Å². The number of nitrogens with two attached hydrogens (primary N) is 1. The largest absolute Gasteiger partial charge is 0.362 e. The van der Waals surface area contributed by atoms with E-state index >= 15 is 0 Å². The number of ketones is 1. The highest BCUT2D eigenvalue weighted by atomic mass is 16.6. The van der Waals surface area contributed by atoms with E-state index in [1.807, 2.05) is 4.90 Å². The molecule has 5 heteroatoms. The summed E-state index contributed by atoms with van der Waals surface area (Å²) >= 11 is 0. The van der Waals surface area contributed by atoms with Crippen LogP contribution in [0.5, 0.6) is 0 Å². The van der Waals surface area contributed by atoms with Crippen LogP contribution in [0.25, 0.3) is 0 Å². The molecule has 0 aromatic carbocycles. The van der Waals surface area contributed by atoms with Crippen molar-refractivity contribution in [2.24, 2.45) is 5.73 Å². The number of hydrogen-bond donors (Lipinski definition) is 1. The zero-order valence-electron chi connectivity index (χ0n) is 8.03. The number of carbonyl (C=O) groups excluding carboxylic acids is 1. The summed E-state index contributed by atoms with van der Waals surface area (Å²) in [6.07, 6.45) is -0.768. The Bertz CT molecular complexity index is 186. The summed E-state index contributed by atoms with van der Waals surface area (Å²) in [6, 6.07) is 0. The van der Waals surface area contributed by atoms with Gasteiger partial charge in [-0.3, -0.25) is 9.69 Å². The van der Waals surface area contributed by atoms with E-state index in [2.05, 4.69) is 0 Å². The lowest BCUT2D eigenvalue weighted by Gasteiger charge is -2.37. The molecule has 0 saturated carbocycles. The van der Waals surface area contributed by atoms with Crippen LogP contribution in [-0.2, 0) is 14.3 Å². The first-order valence-corrected chi connectivity index (χ1v) is 4.28. The van der Waals surface area contributed by atoms with E-state index in [-0.39, 0.29) is 12.0 Å². The van der Waals surface area contributed by atoms with Gasteiger partial charge in [-0.2, -0.15) is 0 Å². The van der Waals surface area contributed by atoms with Crippen LogP contribution in [-0.4, -0.2) is 49.9 Å². The summed E-state index contributed by atoms with van der Waals surface area (Å²) in [5, 5.41) is 0. The number of methoxy groups -OCH3 is 1. The molecule has 76 valence electrons. The molecule has 1 fully saturated rings. The minimum atomic E-state index is -0.460. The predicted molar refractivity (Wildman–Crippen MR) is 47.0 cm³/mol. The summed E-state index contributed by atoms with van der Waals surface area (Å²) in [4.78, 5) is 12.8. The standard InChI is InChI=1S/C8H16N2O3/c1-6(11)5-10-3-4-13-7(9)8(10)12-2/h7-8H,3-5,9H2,1-2H3. The van der Waals surface area contributed by atoms with Gasteiger partial charge in [-0.25, -0.2) is 0 Å². The molecule has 1 saturated heterocycles. The fourth-order valence-electron chi connectivity index (χ4n) is 1.46. The molecule has 0 bridgehead atoms. The van der Waals surface area contributed by atoms with Crippen LogP contribution < -0.4 is 5.73 Å². The molecule has 0 amide bonds. The van der Waals surface area contributed by atoms with Crippen LogP contribution in [0.3, 0.4) is 0 Å². The first-order chi connectivity index (χ1) is 6.15. The Morgan fingerprint density at radius 2 is 2.46 bits per heavy atom. The lowest BCUT2D eigenvalue weighted by molar-refractivity contribution is -0.170. The molecule has 0 aromatic rings. The highest BCUT2D eigenvalue weighted by Gasteiger charge is 2.29. The predicted octanol–water partition coefficient (Wildman–Crippen LogP) is -0.835. The fraction of sp³-hybridized carbons (Fsp3) is 0.875. The summed E-state index contributed by atoms with van der Waals surface area (Å²) in [5.41, 5.74) is 5.66. The Hall–Kier alpha value is -0.490. The third-order valence-electron chi connectivity index (χ3n) is 2.00. The van der Waals surface area contributed by atoms with Gasteiger partial charge in [0.15, 0.2) is 0 Å². The van der Waals surface area contributed by atoms with Crippen LogP contribution >= 0.6 is 0 Å². The third-order valence-corrected chi connectivity index (χ3v) is 2.00. The molecule has 0 aliphatic carbocycles. The third kappa shape index (κ3) is 2.73. The van der Waals surface area contributed by atoms with Crippen LogP contribution in [0.15, 0.2) is 0 Å². The molecule has 5 nitrogen and oxygen atoms in total. The van der Waals surface area contributed by atoms with Gasteiger partial charge < -0.3 is 15.2 Å². The summed E-state index contributed by atoms with van der Waals surface area (Å²) in [5.74, 6) is 0.108. The number of nitrogens with zero attached hydrogens (tertiary/aromatic N) is 1. The van der Waals surface area contributed by atoms with Crippen LogP contribution in [0.1, 0.15) is 6.92 Å². The Kier molecular flexibility index (Phi) is 3.80. The molecule has 2 unspecified atom stereocenters. The monoisotopic (exact) mass is 188 g/mol. The van der Waals surface area contributed by atoms with Gasteiger partial charge in [-0.15, -0.1) is 0 Å². The SMILES string of the molecule is COC1C(N)OCCN1CC(C)=O. The maximum absolute atomic E-state index is 10.9. The summed E-state index contributed by atoms with van der Waals surface area (Å²) in [6.45, 7) is 3.16. The van der Waals surface area contributed by atoms with Crippen molar-refractivity contribution in [2.45, 2.75) is 19.4 Å². The van der Waals surface area contributed by atoms with Gasteiger partial charge in [0.05, 0.1) is 13.2 Å². The van der Waals surface area contributed by atoms with Crippen molar-refractivity contribution in [3.63, 3.8) is 0 Å². The van der Waals surface area contributed by atoms with Crippen LogP contribution in [0.2, 0.25) is 0 Å². The molecular weight excluding hydrogens is 172 g/mol. The van der Waals surface area contributed by atoms with Gasteiger partial charge in [0.1, 0.15) is 18.2 Å². The zero-order valence-corrected chi connectivity index (χ0v) is 8.03. The molecule has 0 spiro atoms. The first-order valence-electron chi connectivity index (χ1n) is 4.28. The van der Waals surface area contributed by atoms with Crippen molar-refractivity contribution in [1.82, 2.24) is 4.90 Å². The van der Waals surface area contributed by atoms with E-state index in [1.165, 1.54) is 0 Å². The van der Waals surface area contributed by atoms with Crippen molar-refractivity contribution in [3.8, 4) is 0 Å². The quantitative estimate of drug-likeness (QED) is 0.626. The number of morpholine rings is 1. The number of rotatable bonds is 3. The highest BCUT2D eigenvalue weighted by Crippen LogP contribution is 2.10. The molecule has 1 aliphatic rings. The minimum absolute atomic E-state index is 0.108. The van der Waals surface area contributed by atoms with E-state index < -0.39 is 6.23 Å². The molecule has 1 heterocycles. The highest BCUT2D eigenvalue weighted by molar-refractivity contribution is 5.77. The van der Waals surface area contributed by atoms with Gasteiger partial charge >= 0.3 is 0 Å². The maximum atomic E-state index is 10.9. The summed E-state index contributed by atoms with van der Waals surface area (Å²) in [7, 11) is 1.56. The van der Waals surface area contributed by atoms with Gasteiger partial charge in [-0.05, 0) is 6.92 Å². The second-order valence-electron chi connectivity index (χ2n) is 3.13. The fourth-order valence-corrected chi connectivity index (χ4v) is 1.46. The Balaban J connectivity index is 2.53. The van der Waals surface area contributed by atoms with Gasteiger partial charge in [0.25, 0.3) is 0 Å². The Labute approximate surface area is 77.8 Å². The topological polar surface area (TPSA) is 64.8 Å². The second-order valence-corrected chi connectivity index (χ2v) is 3.13. The van der Waals surface area contributed by atoms with Crippen molar-refractivity contribution < 1.29 is 14.3 Å². The van der Waals surface area contributed by atoms with E-state index in [0.29, 0.717) is 19.7 Å². The first kappa shape index (κ1) is 10.6. The van der Waals surface area contributed by atoms with Crippen molar-refractivity contribution in [1.29, 1.82) is 0 Å². The van der Waals surface area contributed by atoms with E-state index in [9.17, 15) is 4.79 Å². The summed E-state index contributed by atoms with van der Waals surface area (Å²) < 4.78 is 10.3. The lowest BCUT2D eigenvalue weighted by atomic mass is 10.3. The van der Waals surface area contributed by atoms with Crippen LogP contribution in [0, 0.1) is 0 Å². The van der Waals surface area contributed by atoms with Crippen molar-refractivity contribution >= 4 is 5.78 Å². The van der Waals surface area contributed by atoms with Crippen molar-refractivity contribution in [3.05, 3.63) is 0 Å². The van der Waals surface area contributed by atoms with Gasteiger partial charge in [0.2, 0.25) is 0 Å². The lowest BCUT2D eigenvalue weighted by Crippen LogP contribution is -2.56. The number of Topliss-reactive ketones (excluding diaryl/α,β-unsaturated/α-hetero) is 1. The molecular formula is C8H16N2O3. The Morgan fingerprint density at radius 3 is 3.00 bits per heavy atom. The maximum Gasteiger partial charge on any atom is 0.150 e.